The first-order valence-corrected chi connectivity index (χ1v) is 12.2. The fourth-order valence-electron chi connectivity index (χ4n) is 4.82. The monoisotopic (exact) mass is 491 g/mol. The molecule has 2 amide bonds. The Kier molecular flexibility index (Phi) is 5.81. The Morgan fingerprint density at radius 1 is 0.946 bits per heavy atom. The number of carbonyl (C=O) groups excluding carboxylic acids is 2. The van der Waals surface area contributed by atoms with E-state index >= 15 is 0 Å². The van der Waals surface area contributed by atoms with Crippen molar-refractivity contribution in [3.05, 3.63) is 101 Å². The highest BCUT2D eigenvalue weighted by Crippen LogP contribution is 2.34. The molecule has 1 N–H and O–H groups in total. The summed E-state index contributed by atoms with van der Waals surface area (Å²) in [4.78, 5) is 32.4. The number of benzene rings is 3. The van der Waals surface area contributed by atoms with Gasteiger partial charge in [-0.05, 0) is 72.5 Å². The number of amides is 2. The molecule has 0 radical (unpaired) electrons. The summed E-state index contributed by atoms with van der Waals surface area (Å²) in [6.07, 6.45) is 0.985. The molecule has 3 heterocycles. The number of fused-ring (bicyclic) bond motifs is 2. The topological polar surface area (TPSA) is 80.8 Å². The average molecular weight is 492 g/mol. The van der Waals surface area contributed by atoms with Gasteiger partial charge in [0.1, 0.15) is 5.82 Å². The zero-order chi connectivity index (χ0) is 25.4. The third-order valence-corrected chi connectivity index (χ3v) is 6.71. The Balaban J connectivity index is 1.17. The minimum atomic E-state index is -0.164. The van der Waals surface area contributed by atoms with E-state index in [1.165, 1.54) is 0 Å². The van der Waals surface area contributed by atoms with Crippen LogP contribution < -0.4 is 19.7 Å². The summed E-state index contributed by atoms with van der Waals surface area (Å²) in [6, 6.07) is 24.8. The molecule has 0 aliphatic carbocycles. The molecule has 0 unspecified atom stereocenters. The number of anilines is 2. The molecule has 7 heteroatoms. The molecule has 0 bridgehead atoms. The lowest BCUT2D eigenvalue weighted by Gasteiger charge is -2.19. The molecule has 0 fully saturated rings. The van der Waals surface area contributed by atoms with E-state index in [9.17, 15) is 9.59 Å². The number of aryl methyl sites for hydroxylation is 1. The molecule has 0 saturated carbocycles. The number of pyridine rings is 1. The zero-order valence-corrected chi connectivity index (χ0v) is 20.4. The minimum absolute atomic E-state index is 0.0231. The number of hydrogen-bond donors (Lipinski definition) is 1. The van der Waals surface area contributed by atoms with Crippen molar-refractivity contribution in [3.63, 3.8) is 0 Å². The molecule has 2 aliphatic heterocycles. The largest absolute Gasteiger partial charge is 0.454 e. The minimum Gasteiger partial charge on any atom is -0.454 e. The maximum atomic E-state index is 13.2. The summed E-state index contributed by atoms with van der Waals surface area (Å²) in [6.45, 7) is 2.81. The van der Waals surface area contributed by atoms with Crippen LogP contribution >= 0.6 is 0 Å². The molecule has 0 saturated heterocycles. The van der Waals surface area contributed by atoms with Crippen LogP contribution in [-0.4, -0.2) is 30.1 Å². The van der Waals surface area contributed by atoms with Gasteiger partial charge in [0.2, 0.25) is 12.7 Å². The van der Waals surface area contributed by atoms with Gasteiger partial charge in [-0.25, -0.2) is 4.98 Å². The van der Waals surface area contributed by atoms with Crippen molar-refractivity contribution in [1.29, 1.82) is 0 Å². The maximum Gasteiger partial charge on any atom is 0.258 e. The number of aromatic nitrogens is 1. The van der Waals surface area contributed by atoms with Gasteiger partial charge in [0.05, 0.1) is 12.1 Å². The van der Waals surface area contributed by atoms with Crippen molar-refractivity contribution >= 4 is 23.3 Å². The van der Waals surface area contributed by atoms with Gasteiger partial charge in [0.15, 0.2) is 11.5 Å². The van der Waals surface area contributed by atoms with Gasteiger partial charge in [-0.2, -0.15) is 0 Å². The highest BCUT2D eigenvalue weighted by Gasteiger charge is 2.26. The van der Waals surface area contributed by atoms with Gasteiger partial charge < -0.3 is 19.7 Å². The molecule has 2 aliphatic rings. The predicted molar refractivity (Wildman–Crippen MR) is 141 cm³/mol. The molecule has 6 rings (SSSR count). The van der Waals surface area contributed by atoms with Crippen LogP contribution in [0.1, 0.15) is 27.0 Å². The molecule has 3 aromatic carbocycles. The maximum absolute atomic E-state index is 13.2. The van der Waals surface area contributed by atoms with E-state index in [1.807, 2.05) is 78.6 Å². The first-order valence-electron chi connectivity index (χ1n) is 12.2. The van der Waals surface area contributed by atoms with Crippen LogP contribution in [0.15, 0.2) is 78.9 Å². The second kappa shape index (κ2) is 9.43. The van der Waals surface area contributed by atoms with Crippen molar-refractivity contribution in [3.8, 4) is 22.8 Å². The smallest absolute Gasteiger partial charge is 0.258 e. The molecular weight excluding hydrogens is 466 g/mol. The Morgan fingerprint density at radius 3 is 2.70 bits per heavy atom. The first kappa shape index (κ1) is 22.8. The van der Waals surface area contributed by atoms with Gasteiger partial charge in [-0.1, -0.05) is 36.4 Å². The van der Waals surface area contributed by atoms with Crippen LogP contribution in [0.2, 0.25) is 0 Å². The van der Waals surface area contributed by atoms with Crippen molar-refractivity contribution in [2.45, 2.75) is 19.8 Å². The summed E-state index contributed by atoms with van der Waals surface area (Å²) in [7, 11) is 0. The molecule has 0 atom stereocenters. The predicted octanol–water partition coefficient (Wildman–Crippen LogP) is 5.17. The number of rotatable bonds is 5. The second-order valence-corrected chi connectivity index (χ2v) is 9.19. The number of nitrogens with zero attached hydrogens (tertiary/aromatic N) is 2. The van der Waals surface area contributed by atoms with Crippen LogP contribution in [0.25, 0.3) is 11.3 Å². The SMILES string of the molecule is Cc1ccccc1C(=O)N1CCc2cc(-c3cccc(NC(=O)Cc4ccc5c(c4)OCO5)n3)ccc21. The summed E-state index contributed by atoms with van der Waals surface area (Å²) >= 11 is 0. The van der Waals surface area contributed by atoms with Crippen LogP contribution in [0.4, 0.5) is 11.5 Å². The Labute approximate surface area is 214 Å². The number of ether oxygens (including phenoxy) is 2. The summed E-state index contributed by atoms with van der Waals surface area (Å²) in [5.41, 5.74) is 6.28. The molecule has 184 valence electrons. The van der Waals surface area contributed by atoms with Crippen LogP contribution in [0.5, 0.6) is 11.5 Å². The molecule has 7 nitrogen and oxygen atoms in total. The number of nitrogens with one attached hydrogen (secondary N) is 1. The summed E-state index contributed by atoms with van der Waals surface area (Å²) < 4.78 is 10.7. The lowest BCUT2D eigenvalue weighted by atomic mass is 10.0. The second-order valence-electron chi connectivity index (χ2n) is 9.19. The Morgan fingerprint density at radius 2 is 1.81 bits per heavy atom. The van der Waals surface area contributed by atoms with E-state index in [0.717, 1.165) is 45.6 Å². The standard InChI is InChI=1S/C30H25N3O4/c1-19-5-2-3-6-23(19)30(35)33-14-13-22-17-21(10-11-25(22)33)24-7-4-8-28(31-24)32-29(34)16-20-9-12-26-27(15-20)37-18-36-26/h2-12,15,17H,13-14,16,18H2,1H3,(H,31,32,34). The lowest BCUT2D eigenvalue weighted by molar-refractivity contribution is -0.115. The molecular formula is C30H25N3O4. The first-order chi connectivity index (χ1) is 18.0. The van der Waals surface area contributed by atoms with Crippen molar-refractivity contribution < 1.29 is 19.1 Å². The lowest BCUT2D eigenvalue weighted by Crippen LogP contribution is -2.29. The normalized spacial score (nSPS) is 13.4. The zero-order valence-electron chi connectivity index (χ0n) is 20.4. The number of carbonyl (C=O) groups is 2. The summed E-state index contributed by atoms with van der Waals surface area (Å²) in [5, 5.41) is 2.89. The van der Waals surface area contributed by atoms with E-state index in [4.69, 9.17) is 9.47 Å². The van der Waals surface area contributed by atoms with E-state index in [2.05, 4.69) is 16.4 Å². The average Bonchev–Trinajstić information content (AvgIpc) is 3.55. The fourth-order valence-corrected chi connectivity index (χ4v) is 4.82. The highest BCUT2D eigenvalue weighted by atomic mass is 16.7. The Bertz CT molecular complexity index is 1530. The van der Waals surface area contributed by atoms with Crippen molar-refractivity contribution in [1.82, 2.24) is 4.98 Å². The van der Waals surface area contributed by atoms with Crippen LogP contribution in [0, 0.1) is 6.92 Å². The highest BCUT2D eigenvalue weighted by molar-refractivity contribution is 6.08. The van der Waals surface area contributed by atoms with Gasteiger partial charge >= 0.3 is 0 Å². The fraction of sp³-hybridized carbons (Fsp3) is 0.167. The van der Waals surface area contributed by atoms with Gasteiger partial charge in [-0.3, -0.25) is 9.59 Å². The van der Waals surface area contributed by atoms with E-state index < -0.39 is 0 Å². The van der Waals surface area contributed by atoms with E-state index in [-0.39, 0.29) is 25.0 Å². The van der Waals surface area contributed by atoms with Crippen LogP contribution in [-0.2, 0) is 17.6 Å². The van der Waals surface area contributed by atoms with Crippen LogP contribution in [0.3, 0.4) is 0 Å². The molecule has 1 aromatic heterocycles. The quantitative estimate of drug-likeness (QED) is 0.417. The van der Waals surface area contributed by atoms with Gasteiger partial charge in [-0.15, -0.1) is 0 Å². The Hall–Kier alpha value is -4.65. The van der Waals surface area contributed by atoms with Gasteiger partial charge in [0.25, 0.3) is 5.91 Å². The molecule has 4 aromatic rings. The third kappa shape index (κ3) is 4.51. The molecule has 0 spiro atoms. The van der Waals surface area contributed by atoms with Crippen molar-refractivity contribution in [2.24, 2.45) is 0 Å². The van der Waals surface area contributed by atoms with Crippen molar-refractivity contribution in [2.75, 3.05) is 23.6 Å². The van der Waals surface area contributed by atoms with Gasteiger partial charge in [0, 0.05) is 23.4 Å². The number of hydrogen-bond acceptors (Lipinski definition) is 5. The summed E-state index contributed by atoms with van der Waals surface area (Å²) in [5.74, 6) is 1.69. The van der Waals surface area contributed by atoms with E-state index in [1.54, 1.807) is 6.07 Å². The van der Waals surface area contributed by atoms with E-state index in [0.29, 0.717) is 23.9 Å². The third-order valence-electron chi connectivity index (χ3n) is 6.71. The molecule has 37 heavy (non-hydrogen) atoms.